The lowest BCUT2D eigenvalue weighted by molar-refractivity contribution is 1.14. The highest BCUT2D eigenvalue weighted by Gasteiger charge is 2.11. The predicted octanol–water partition coefficient (Wildman–Crippen LogP) is 3.40. The number of fused-ring (bicyclic) bond motifs is 1. The van der Waals surface area contributed by atoms with Crippen LogP contribution in [-0.4, -0.2) is 10.7 Å². The monoisotopic (exact) mass is 213 g/mol. The number of aryl methyl sites for hydroxylation is 1. The lowest BCUT2D eigenvalue weighted by atomic mass is 10.1. The lowest BCUT2D eigenvalue weighted by Gasteiger charge is -2.03. The summed E-state index contributed by atoms with van der Waals surface area (Å²) in [5.74, 6) is 1.22. The second-order valence-electron chi connectivity index (χ2n) is 3.64. The normalized spacial score (nSPS) is 13.9. The van der Waals surface area contributed by atoms with E-state index in [1.807, 2.05) is 30.1 Å². The van der Waals surface area contributed by atoms with Crippen LogP contribution in [-0.2, 0) is 6.42 Å². The molecule has 0 fully saturated rings. The maximum Gasteiger partial charge on any atom is 0.0702 e. The molecule has 0 spiro atoms. The molecule has 0 aliphatic carbocycles. The predicted molar refractivity (Wildman–Crippen MR) is 64.1 cm³/mol. The highest BCUT2D eigenvalue weighted by Crippen LogP contribution is 2.33. The second-order valence-corrected chi connectivity index (χ2v) is 4.77. The highest BCUT2D eigenvalue weighted by atomic mass is 32.2. The first-order chi connectivity index (χ1) is 7.43. The molecule has 74 valence electrons. The topological polar surface area (TPSA) is 12.9 Å². The molecule has 15 heavy (non-hydrogen) atoms. The van der Waals surface area contributed by atoms with Gasteiger partial charge in [0.2, 0.25) is 0 Å². The van der Waals surface area contributed by atoms with Crippen LogP contribution in [0.4, 0.5) is 0 Å². The van der Waals surface area contributed by atoms with Gasteiger partial charge in [0.15, 0.2) is 0 Å². The average molecular weight is 213 g/mol. The number of thioether (sulfide) groups is 1. The van der Waals surface area contributed by atoms with Crippen LogP contribution in [0.15, 0.2) is 47.5 Å². The summed E-state index contributed by atoms with van der Waals surface area (Å²) in [7, 11) is 0. The van der Waals surface area contributed by atoms with E-state index in [0.717, 1.165) is 5.69 Å². The van der Waals surface area contributed by atoms with E-state index in [1.165, 1.54) is 28.2 Å². The quantitative estimate of drug-likeness (QED) is 0.720. The standard InChI is InChI=1S/C13H11NS/c1-2-7-14-12(3-1)10-4-5-13-11(9-10)6-8-15-13/h1-5,7,9H,6,8H2. The Morgan fingerprint density at radius 1 is 1.13 bits per heavy atom. The van der Waals surface area contributed by atoms with E-state index in [-0.39, 0.29) is 0 Å². The van der Waals surface area contributed by atoms with E-state index in [2.05, 4.69) is 29.2 Å². The smallest absolute Gasteiger partial charge is 0.0702 e. The zero-order valence-corrected chi connectivity index (χ0v) is 9.13. The molecule has 0 unspecified atom stereocenters. The highest BCUT2D eigenvalue weighted by molar-refractivity contribution is 7.99. The Morgan fingerprint density at radius 3 is 3.00 bits per heavy atom. The summed E-state index contributed by atoms with van der Waals surface area (Å²) >= 11 is 1.95. The molecular weight excluding hydrogens is 202 g/mol. The Labute approximate surface area is 93.6 Å². The summed E-state index contributed by atoms with van der Waals surface area (Å²) in [5, 5.41) is 0. The molecule has 2 heterocycles. The summed E-state index contributed by atoms with van der Waals surface area (Å²) < 4.78 is 0. The molecule has 0 radical (unpaired) electrons. The molecule has 0 saturated heterocycles. The van der Waals surface area contributed by atoms with Crippen LogP contribution in [0.3, 0.4) is 0 Å². The van der Waals surface area contributed by atoms with E-state index >= 15 is 0 Å². The Kier molecular flexibility index (Phi) is 2.22. The Hall–Kier alpha value is -1.28. The van der Waals surface area contributed by atoms with Gasteiger partial charge in [0.25, 0.3) is 0 Å². The largest absolute Gasteiger partial charge is 0.256 e. The van der Waals surface area contributed by atoms with Crippen molar-refractivity contribution in [3.63, 3.8) is 0 Å². The van der Waals surface area contributed by atoms with Gasteiger partial charge in [-0.15, -0.1) is 11.8 Å². The summed E-state index contributed by atoms with van der Waals surface area (Å²) in [6, 6.07) is 12.7. The number of hydrogen-bond donors (Lipinski definition) is 0. The summed E-state index contributed by atoms with van der Waals surface area (Å²) in [4.78, 5) is 5.81. The van der Waals surface area contributed by atoms with Gasteiger partial charge in [-0.2, -0.15) is 0 Å². The van der Waals surface area contributed by atoms with Crippen molar-refractivity contribution in [2.75, 3.05) is 5.75 Å². The van der Waals surface area contributed by atoms with E-state index in [1.54, 1.807) is 0 Å². The van der Waals surface area contributed by atoms with Crippen molar-refractivity contribution in [3.8, 4) is 11.3 Å². The molecule has 1 aliphatic rings. The van der Waals surface area contributed by atoms with Crippen molar-refractivity contribution >= 4 is 11.8 Å². The van der Waals surface area contributed by atoms with Crippen molar-refractivity contribution < 1.29 is 0 Å². The van der Waals surface area contributed by atoms with Crippen molar-refractivity contribution in [2.45, 2.75) is 11.3 Å². The van der Waals surface area contributed by atoms with E-state index in [0.29, 0.717) is 0 Å². The summed E-state index contributed by atoms with van der Waals surface area (Å²) in [6.07, 6.45) is 3.04. The Balaban J connectivity index is 2.07. The third kappa shape index (κ3) is 1.65. The van der Waals surface area contributed by atoms with Crippen molar-refractivity contribution in [2.24, 2.45) is 0 Å². The molecule has 1 aromatic carbocycles. The van der Waals surface area contributed by atoms with Crippen LogP contribution >= 0.6 is 11.8 Å². The number of rotatable bonds is 1. The molecule has 0 saturated carbocycles. The van der Waals surface area contributed by atoms with Gasteiger partial charge < -0.3 is 0 Å². The maximum absolute atomic E-state index is 4.37. The molecule has 0 N–H and O–H groups in total. The van der Waals surface area contributed by atoms with Gasteiger partial charge in [0, 0.05) is 22.4 Å². The SMILES string of the molecule is c1ccc(-c2ccc3c(c2)CCS3)nc1. The minimum absolute atomic E-state index is 1.07. The van der Waals surface area contributed by atoms with Crippen LogP contribution in [0.1, 0.15) is 5.56 Å². The average Bonchev–Trinajstić information content (AvgIpc) is 2.77. The number of benzene rings is 1. The first-order valence-electron chi connectivity index (χ1n) is 5.10. The van der Waals surface area contributed by atoms with E-state index in [9.17, 15) is 0 Å². The number of pyridine rings is 1. The molecular formula is C13H11NS. The molecule has 0 bridgehead atoms. The molecule has 0 amide bonds. The maximum atomic E-state index is 4.37. The van der Waals surface area contributed by atoms with Crippen LogP contribution < -0.4 is 0 Å². The minimum atomic E-state index is 1.07. The van der Waals surface area contributed by atoms with Gasteiger partial charge in [-0.25, -0.2) is 0 Å². The summed E-state index contributed by atoms with van der Waals surface area (Å²) in [6.45, 7) is 0. The summed E-state index contributed by atoms with van der Waals surface area (Å²) in [5.41, 5.74) is 3.78. The lowest BCUT2D eigenvalue weighted by Crippen LogP contribution is -1.85. The molecule has 2 aromatic rings. The van der Waals surface area contributed by atoms with Crippen LogP contribution in [0.2, 0.25) is 0 Å². The van der Waals surface area contributed by atoms with E-state index in [4.69, 9.17) is 0 Å². The first kappa shape index (κ1) is 8.98. The molecule has 3 rings (SSSR count). The minimum Gasteiger partial charge on any atom is -0.256 e. The number of aromatic nitrogens is 1. The van der Waals surface area contributed by atoms with Gasteiger partial charge in [-0.05, 0) is 36.2 Å². The number of nitrogens with zero attached hydrogens (tertiary/aromatic N) is 1. The van der Waals surface area contributed by atoms with Crippen LogP contribution in [0, 0.1) is 0 Å². The Bertz CT molecular complexity index is 479. The van der Waals surface area contributed by atoms with Crippen LogP contribution in [0.25, 0.3) is 11.3 Å². The zero-order chi connectivity index (χ0) is 10.1. The van der Waals surface area contributed by atoms with E-state index < -0.39 is 0 Å². The molecule has 2 heteroatoms. The van der Waals surface area contributed by atoms with Crippen molar-refractivity contribution in [1.82, 2.24) is 4.98 Å². The molecule has 1 aromatic heterocycles. The second kappa shape index (κ2) is 3.70. The third-order valence-electron chi connectivity index (χ3n) is 2.65. The number of hydrogen-bond acceptors (Lipinski definition) is 2. The Morgan fingerprint density at radius 2 is 2.13 bits per heavy atom. The zero-order valence-electron chi connectivity index (χ0n) is 8.31. The third-order valence-corrected chi connectivity index (χ3v) is 3.77. The first-order valence-corrected chi connectivity index (χ1v) is 6.09. The van der Waals surface area contributed by atoms with Crippen LogP contribution in [0.5, 0.6) is 0 Å². The molecule has 1 aliphatic heterocycles. The molecule has 1 nitrogen and oxygen atoms in total. The van der Waals surface area contributed by atoms with Crippen molar-refractivity contribution in [3.05, 3.63) is 48.2 Å². The van der Waals surface area contributed by atoms with Gasteiger partial charge in [-0.1, -0.05) is 12.1 Å². The fourth-order valence-corrected chi connectivity index (χ4v) is 2.93. The van der Waals surface area contributed by atoms with Gasteiger partial charge in [0.05, 0.1) is 5.69 Å². The van der Waals surface area contributed by atoms with Gasteiger partial charge >= 0.3 is 0 Å². The van der Waals surface area contributed by atoms with Crippen molar-refractivity contribution in [1.29, 1.82) is 0 Å². The van der Waals surface area contributed by atoms with Gasteiger partial charge in [-0.3, -0.25) is 4.98 Å². The fraction of sp³-hybridized carbons (Fsp3) is 0.154. The fourth-order valence-electron chi connectivity index (χ4n) is 1.88. The van der Waals surface area contributed by atoms with Gasteiger partial charge in [0.1, 0.15) is 0 Å². The molecule has 0 atom stereocenters.